The van der Waals surface area contributed by atoms with E-state index >= 15 is 0 Å². The Kier molecular flexibility index (Phi) is 3.66. The smallest absolute Gasteiger partial charge is 0.117 e. The predicted molar refractivity (Wildman–Crippen MR) is 72.6 cm³/mol. The number of imidazole rings is 1. The molecule has 0 saturated heterocycles. The van der Waals surface area contributed by atoms with Crippen LogP contribution in [0.1, 0.15) is 24.1 Å². The van der Waals surface area contributed by atoms with Crippen LogP contribution in [0.2, 0.25) is 0 Å². The molecule has 3 heterocycles. The molecule has 0 fully saturated rings. The third-order valence-corrected chi connectivity index (χ3v) is 3.70. The van der Waals surface area contributed by atoms with Crippen LogP contribution in [0.15, 0.2) is 29.1 Å². The topological polar surface area (TPSA) is 57.1 Å². The van der Waals surface area contributed by atoms with Gasteiger partial charge in [-0.25, -0.2) is 4.98 Å². The summed E-state index contributed by atoms with van der Waals surface area (Å²) in [7, 11) is 0. The molecule has 0 amide bonds. The largest absolute Gasteiger partial charge is 0.468 e. The molecule has 19 heavy (non-hydrogen) atoms. The van der Waals surface area contributed by atoms with E-state index in [9.17, 15) is 0 Å². The minimum Gasteiger partial charge on any atom is -0.468 e. The fraction of sp³-hybridized carbons (Fsp3) is 0.500. The van der Waals surface area contributed by atoms with Crippen LogP contribution >= 0.6 is 0 Å². The Morgan fingerprint density at radius 3 is 3.26 bits per heavy atom. The summed E-state index contributed by atoms with van der Waals surface area (Å²) in [5.74, 6) is 1.03. The zero-order valence-electron chi connectivity index (χ0n) is 11.2. The Hall–Kier alpha value is -1.59. The van der Waals surface area contributed by atoms with Crippen molar-refractivity contribution in [3.8, 4) is 0 Å². The van der Waals surface area contributed by atoms with Crippen molar-refractivity contribution in [2.24, 2.45) is 0 Å². The van der Waals surface area contributed by atoms with E-state index in [1.54, 1.807) is 12.6 Å². The summed E-state index contributed by atoms with van der Waals surface area (Å²) < 4.78 is 5.42. The van der Waals surface area contributed by atoms with Crippen molar-refractivity contribution in [3.05, 3.63) is 41.9 Å². The first-order valence-corrected chi connectivity index (χ1v) is 6.84. The molecule has 2 aromatic rings. The second-order valence-corrected chi connectivity index (χ2v) is 5.02. The van der Waals surface area contributed by atoms with E-state index in [2.05, 4.69) is 27.1 Å². The Morgan fingerprint density at radius 1 is 1.53 bits per heavy atom. The fourth-order valence-electron chi connectivity index (χ4n) is 2.60. The maximum atomic E-state index is 5.42. The van der Waals surface area contributed by atoms with E-state index in [1.165, 1.54) is 11.4 Å². The molecule has 0 radical (unpaired) electrons. The molecule has 0 saturated carbocycles. The molecule has 0 bridgehead atoms. The Labute approximate surface area is 113 Å². The molecule has 102 valence electrons. The number of fused-ring (bicyclic) bond motifs is 1. The standard InChI is InChI=1S/C14H20N4O/c1-2-18(9-12-4-3-5-19-12)8-11-6-13-14(7-15-11)17-10-16-13/h3-5,10-11,15H,2,6-9H2,1H3,(H,16,17). The SMILES string of the molecule is CCN(Cc1ccco1)CC1Cc2nc[nH]c2CN1. The predicted octanol–water partition coefficient (Wildman–Crippen LogP) is 1.54. The molecule has 5 nitrogen and oxygen atoms in total. The molecule has 5 heteroatoms. The van der Waals surface area contributed by atoms with Gasteiger partial charge >= 0.3 is 0 Å². The summed E-state index contributed by atoms with van der Waals surface area (Å²) in [6.45, 7) is 5.98. The van der Waals surface area contributed by atoms with Crippen LogP contribution in [0.25, 0.3) is 0 Å². The lowest BCUT2D eigenvalue weighted by atomic mass is 10.0. The highest BCUT2D eigenvalue weighted by atomic mass is 16.3. The molecule has 0 aliphatic carbocycles. The van der Waals surface area contributed by atoms with E-state index < -0.39 is 0 Å². The fourth-order valence-corrected chi connectivity index (χ4v) is 2.60. The van der Waals surface area contributed by atoms with Crippen molar-refractivity contribution in [2.45, 2.75) is 32.5 Å². The molecule has 0 aromatic carbocycles. The summed E-state index contributed by atoms with van der Waals surface area (Å²) in [4.78, 5) is 9.96. The van der Waals surface area contributed by atoms with Crippen LogP contribution in [-0.2, 0) is 19.5 Å². The molecule has 0 spiro atoms. The van der Waals surface area contributed by atoms with Crippen molar-refractivity contribution in [1.29, 1.82) is 0 Å². The van der Waals surface area contributed by atoms with Crippen molar-refractivity contribution >= 4 is 0 Å². The van der Waals surface area contributed by atoms with E-state index in [4.69, 9.17) is 4.42 Å². The van der Waals surface area contributed by atoms with E-state index in [0.29, 0.717) is 6.04 Å². The van der Waals surface area contributed by atoms with Crippen molar-refractivity contribution in [3.63, 3.8) is 0 Å². The van der Waals surface area contributed by atoms with Gasteiger partial charge in [-0.1, -0.05) is 6.92 Å². The van der Waals surface area contributed by atoms with Crippen LogP contribution in [0.5, 0.6) is 0 Å². The molecule has 2 aromatic heterocycles. The highest BCUT2D eigenvalue weighted by molar-refractivity contribution is 5.16. The minimum atomic E-state index is 0.464. The summed E-state index contributed by atoms with van der Waals surface area (Å²) in [5, 5.41) is 3.56. The van der Waals surface area contributed by atoms with Gasteiger partial charge in [-0.05, 0) is 18.7 Å². The summed E-state index contributed by atoms with van der Waals surface area (Å²) >= 11 is 0. The van der Waals surface area contributed by atoms with Gasteiger partial charge in [0.1, 0.15) is 5.76 Å². The number of rotatable bonds is 5. The van der Waals surface area contributed by atoms with Crippen LogP contribution in [0.4, 0.5) is 0 Å². The number of aromatic amines is 1. The minimum absolute atomic E-state index is 0.464. The van der Waals surface area contributed by atoms with E-state index in [0.717, 1.165) is 38.4 Å². The average molecular weight is 260 g/mol. The Bertz CT molecular complexity index is 505. The third kappa shape index (κ3) is 2.88. The van der Waals surface area contributed by atoms with Gasteiger partial charge in [-0.15, -0.1) is 0 Å². The maximum Gasteiger partial charge on any atom is 0.117 e. The van der Waals surface area contributed by atoms with Gasteiger partial charge in [-0.3, -0.25) is 4.90 Å². The first kappa shape index (κ1) is 12.4. The molecule has 1 aliphatic heterocycles. The van der Waals surface area contributed by atoms with Gasteiger partial charge in [0.05, 0.1) is 30.5 Å². The number of furan rings is 1. The van der Waals surface area contributed by atoms with Crippen LogP contribution < -0.4 is 5.32 Å². The summed E-state index contributed by atoms with van der Waals surface area (Å²) in [6.07, 6.45) is 4.51. The second-order valence-electron chi connectivity index (χ2n) is 5.02. The zero-order chi connectivity index (χ0) is 13.1. The van der Waals surface area contributed by atoms with Gasteiger partial charge in [0.2, 0.25) is 0 Å². The Balaban J connectivity index is 1.58. The normalized spacial score (nSPS) is 18.7. The highest BCUT2D eigenvalue weighted by Gasteiger charge is 2.21. The summed E-state index contributed by atoms with van der Waals surface area (Å²) in [5.41, 5.74) is 2.43. The van der Waals surface area contributed by atoms with Crippen molar-refractivity contribution < 1.29 is 4.42 Å². The number of hydrogen-bond acceptors (Lipinski definition) is 4. The number of nitrogens with one attached hydrogen (secondary N) is 2. The first-order valence-electron chi connectivity index (χ1n) is 6.84. The molecular formula is C14H20N4O. The lowest BCUT2D eigenvalue weighted by Crippen LogP contribution is -2.44. The van der Waals surface area contributed by atoms with Gasteiger partial charge < -0.3 is 14.7 Å². The van der Waals surface area contributed by atoms with Gasteiger partial charge in [0.15, 0.2) is 0 Å². The molecule has 1 aliphatic rings. The van der Waals surface area contributed by atoms with Gasteiger partial charge in [-0.2, -0.15) is 0 Å². The maximum absolute atomic E-state index is 5.42. The molecular weight excluding hydrogens is 240 g/mol. The number of likely N-dealkylation sites (N-methyl/N-ethyl adjacent to an activating group) is 1. The number of hydrogen-bond donors (Lipinski definition) is 2. The van der Waals surface area contributed by atoms with E-state index in [-0.39, 0.29) is 0 Å². The average Bonchev–Trinajstić information content (AvgIpc) is 3.08. The monoisotopic (exact) mass is 260 g/mol. The van der Waals surface area contributed by atoms with Gasteiger partial charge in [0, 0.05) is 25.6 Å². The number of nitrogens with zero attached hydrogens (tertiary/aromatic N) is 2. The van der Waals surface area contributed by atoms with E-state index in [1.807, 2.05) is 12.1 Å². The molecule has 1 unspecified atom stereocenters. The zero-order valence-corrected chi connectivity index (χ0v) is 11.2. The molecule has 3 rings (SSSR count). The van der Waals surface area contributed by atoms with Gasteiger partial charge in [0.25, 0.3) is 0 Å². The molecule has 2 N–H and O–H groups in total. The van der Waals surface area contributed by atoms with Crippen molar-refractivity contribution in [1.82, 2.24) is 20.2 Å². The third-order valence-electron chi connectivity index (χ3n) is 3.70. The van der Waals surface area contributed by atoms with Crippen LogP contribution in [0.3, 0.4) is 0 Å². The Morgan fingerprint density at radius 2 is 2.47 bits per heavy atom. The summed E-state index contributed by atoms with van der Waals surface area (Å²) in [6, 6.07) is 4.44. The van der Waals surface area contributed by atoms with Crippen molar-refractivity contribution in [2.75, 3.05) is 13.1 Å². The highest BCUT2D eigenvalue weighted by Crippen LogP contribution is 2.14. The lowest BCUT2D eigenvalue weighted by Gasteiger charge is -2.29. The second kappa shape index (κ2) is 5.59. The van der Waals surface area contributed by atoms with Crippen LogP contribution in [-0.4, -0.2) is 34.0 Å². The quantitative estimate of drug-likeness (QED) is 0.856. The molecule has 1 atom stereocenters. The number of H-pyrrole nitrogens is 1. The van der Waals surface area contributed by atoms with Crippen LogP contribution in [0, 0.1) is 0 Å². The number of aromatic nitrogens is 2. The first-order chi connectivity index (χ1) is 9.35. The lowest BCUT2D eigenvalue weighted by molar-refractivity contribution is 0.221.